The van der Waals surface area contributed by atoms with Gasteiger partial charge >= 0.3 is 0 Å². The summed E-state index contributed by atoms with van der Waals surface area (Å²) in [6, 6.07) is 22.4. The summed E-state index contributed by atoms with van der Waals surface area (Å²) in [6.45, 7) is 4.69. The number of rotatable bonds is 3. The van der Waals surface area contributed by atoms with Gasteiger partial charge in [0.15, 0.2) is 0 Å². The molecule has 172 valence electrons. The van der Waals surface area contributed by atoms with Gasteiger partial charge in [0.25, 0.3) is 0 Å². The van der Waals surface area contributed by atoms with E-state index < -0.39 is 0 Å². The minimum atomic E-state index is 0.0765. The molecule has 0 spiro atoms. The van der Waals surface area contributed by atoms with Crippen LogP contribution in [0.25, 0.3) is 0 Å². The number of hydrogen-bond acceptors (Lipinski definition) is 3. The molecule has 0 aromatic heterocycles. The molecule has 0 saturated carbocycles. The van der Waals surface area contributed by atoms with Gasteiger partial charge in [0, 0.05) is 24.5 Å². The van der Waals surface area contributed by atoms with E-state index >= 15 is 0 Å². The van der Waals surface area contributed by atoms with Gasteiger partial charge in [0.1, 0.15) is 12.4 Å². The molecule has 0 saturated heterocycles. The number of amides is 1. The van der Waals surface area contributed by atoms with Crippen LogP contribution in [-0.4, -0.2) is 37.2 Å². The van der Waals surface area contributed by atoms with Gasteiger partial charge in [-0.15, -0.1) is 0 Å². The third-order valence-electron chi connectivity index (χ3n) is 5.90. The van der Waals surface area contributed by atoms with Gasteiger partial charge in [0.2, 0.25) is 5.91 Å². The third-order valence-corrected chi connectivity index (χ3v) is 6.16. The predicted octanol–water partition coefficient (Wildman–Crippen LogP) is 5.47. The van der Waals surface area contributed by atoms with Gasteiger partial charge in [-0.3, -0.25) is 4.79 Å². The molecule has 0 aliphatic carbocycles. The molecule has 1 heterocycles. The van der Waals surface area contributed by atoms with Crippen molar-refractivity contribution in [3.05, 3.63) is 99.6 Å². The molecular formula is C28H30ClNO3. The van der Waals surface area contributed by atoms with Gasteiger partial charge in [-0.25, -0.2) is 0 Å². The van der Waals surface area contributed by atoms with Crippen molar-refractivity contribution in [1.29, 1.82) is 0 Å². The molecule has 4 rings (SSSR count). The maximum absolute atomic E-state index is 13.1. The zero-order valence-corrected chi connectivity index (χ0v) is 19.8. The molecule has 33 heavy (non-hydrogen) atoms. The number of halogens is 1. The molecule has 0 atom stereocenters. The molecule has 3 aromatic carbocycles. The number of carbonyl (C=O) groups is 1. The quantitative estimate of drug-likeness (QED) is 0.516. The Hall–Kier alpha value is -2.82. The standard InChI is InChI=1S/C28H30ClNO3/c1-2-21-8-11-27-25(17-21)18-23-4-3-5-24(16-23)20-30(12-13-32-14-15-33-27)28(31)19-22-6-9-26(29)10-7-22/h3-11,16-17H,2,12-15,18-20H2,1H3. The second-order valence-corrected chi connectivity index (χ2v) is 8.81. The van der Waals surface area contributed by atoms with Crippen molar-refractivity contribution in [3.63, 3.8) is 0 Å². The average Bonchev–Trinajstić information content (AvgIpc) is 2.82. The van der Waals surface area contributed by atoms with E-state index in [-0.39, 0.29) is 5.91 Å². The lowest BCUT2D eigenvalue weighted by molar-refractivity contribution is -0.131. The van der Waals surface area contributed by atoms with Crippen LogP contribution in [0.15, 0.2) is 66.7 Å². The van der Waals surface area contributed by atoms with E-state index in [1.54, 1.807) is 0 Å². The normalized spacial score (nSPS) is 14.7. The number of fused-ring (bicyclic) bond motifs is 3. The first-order valence-corrected chi connectivity index (χ1v) is 11.9. The highest BCUT2D eigenvalue weighted by atomic mass is 35.5. The lowest BCUT2D eigenvalue weighted by Gasteiger charge is -2.24. The monoisotopic (exact) mass is 463 g/mol. The molecule has 1 aliphatic heterocycles. The maximum atomic E-state index is 13.1. The number of nitrogens with zero attached hydrogens (tertiary/aromatic N) is 1. The Labute approximate surface area is 201 Å². The molecule has 5 heteroatoms. The Morgan fingerprint density at radius 2 is 1.73 bits per heavy atom. The Morgan fingerprint density at radius 3 is 2.55 bits per heavy atom. The molecule has 0 radical (unpaired) electrons. The summed E-state index contributed by atoms with van der Waals surface area (Å²) in [6.07, 6.45) is 2.12. The molecule has 0 fully saturated rings. The summed E-state index contributed by atoms with van der Waals surface area (Å²) in [5.41, 5.74) is 5.76. The fourth-order valence-electron chi connectivity index (χ4n) is 4.08. The minimum absolute atomic E-state index is 0.0765. The number of carbonyl (C=O) groups excluding carboxylic acids is 1. The molecule has 1 amide bonds. The van der Waals surface area contributed by atoms with Crippen LogP contribution in [0.1, 0.15) is 34.7 Å². The van der Waals surface area contributed by atoms with Crippen LogP contribution in [0.2, 0.25) is 5.02 Å². The molecule has 0 N–H and O–H groups in total. The van der Waals surface area contributed by atoms with Gasteiger partial charge in [-0.1, -0.05) is 67.1 Å². The second kappa shape index (κ2) is 11.4. The number of ether oxygens (including phenoxy) is 2. The van der Waals surface area contributed by atoms with Crippen LogP contribution >= 0.6 is 11.6 Å². The molecule has 2 bridgehead atoms. The fourth-order valence-corrected chi connectivity index (χ4v) is 4.20. The highest BCUT2D eigenvalue weighted by molar-refractivity contribution is 6.30. The Balaban J connectivity index is 1.56. The van der Waals surface area contributed by atoms with Crippen LogP contribution in [0.5, 0.6) is 5.75 Å². The fraction of sp³-hybridized carbons (Fsp3) is 0.321. The van der Waals surface area contributed by atoms with E-state index in [2.05, 4.69) is 49.4 Å². The highest BCUT2D eigenvalue weighted by Crippen LogP contribution is 2.25. The van der Waals surface area contributed by atoms with Gasteiger partial charge in [-0.05, 0) is 52.4 Å². The number of hydrogen-bond donors (Lipinski definition) is 0. The maximum Gasteiger partial charge on any atom is 0.227 e. The van der Waals surface area contributed by atoms with Gasteiger partial charge in [-0.2, -0.15) is 0 Å². The van der Waals surface area contributed by atoms with Crippen molar-refractivity contribution in [2.45, 2.75) is 32.7 Å². The summed E-state index contributed by atoms with van der Waals surface area (Å²) in [5, 5.41) is 0.671. The molecule has 0 unspecified atom stereocenters. The van der Waals surface area contributed by atoms with E-state index in [1.807, 2.05) is 29.2 Å². The predicted molar refractivity (Wildman–Crippen MR) is 132 cm³/mol. The van der Waals surface area contributed by atoms with Crippen LogP contribution in [0, 0.1) is 0 Å². The van der Waals surface area contributed by atoms with Crippen molar-refractivity contribution in [2.24, 2.45) is 0 Å². The Morgan fingerprint density at radius 1 is 0.939 bits per heavy atom. The van der Waals surface area contributed by atoms with Crippen LogP contribution in [0.4, 0.5) is 0 Å². The summed E-state index contributed by atoms with van der Waals surface area (Å²) in [7, 11) is 0. The van der Waals surface area contributed by atoms with Crippen molar-refractivity contribution >= 4 is 17.5 Å². The second-order valence-electron chi connectivity index (χ2n) is 8.37. The van der Waals surface area contributed by atoms with Crippen LogP contribution in [-0.2, 0) is 35.3 Å². The zero-order valence-electron chi connectivity index (χ0n) is 19.1. The van der Waals surface area contributed by atoms with E-state index in [0.29, 0.717) is 44.4 Å². The summed E-state index contributed by atoms with van der Waals surface area (Å²) < 4.78 is 11.9. The number of aryl methyl sites for hydroxylation is 1. The van der Waals surface area contributed by atoms with Crippen molar-refractivity contribution < 1.29 is 14.3 Å². The smallest absolute Gasteiger partial charge is 0.227 e. The lowest BCUT2D eigenvalue weighted by atomic mass is 9.99. The Bertz CT molecular complexity index is 1080. The van der Waals surface area contributed by atoms with Crippen LogP contribution < -0.4 is 4.74 Å². The lowest BCUT2D eigenvalue weighted by Crippen LogP contribution is -2.35. The minimum Gasteiger partial charge on any atom is -0.491 e. The molecular weight excluding hydrogens is 434 g/mol. The van der Waals surface area contributed by atoms with E-state index in [1.165, 1.54) is 16.7 Å². The largest absolute Gasteiger partial charge is 0.491 e. The first kappa shape index (κ1) is 23.3. The van der Waals surface area contributed by atoms with E-state index in [0.717, 1.165) is 29.7 Å². The van der Waals surface area contributed by atoms with Crippen molar-refractivity contribution in [2.75, 3.05) is 26.4 Å². The van der Waals surface area contributed by atoms with E-state index in [9.17, 15) is 4.79 Å². The number of benzene rings is 3. The first-order valence-electron chi connectivity index (χ1n) is 11.5. The SMILES string of the molecule is CCc1ccc2c(c1)Cc1cccc(c1)CN(C(=O)Cc1ccc(Cl)cc1)CCOCCO2. The summed E-state index contributed by atoms with van der Waals surface area (Å²) in [5.74, 6) is 0.991. The summed E-state index contributed by atoms with van der Waals surface area (Å²) in [4.78, 5) is 15.0. The first-order chi connectivity index (χ1) is 16.1. The Kier molecular flexibility index (Phi) is 8.03. The molecule has 1 aliphatic rings. The average molecular weight is 464 g/mol. The van der Waals surface area contributed by atoms with Gasteiger partial charge < -0.3 is 14.4 Å². The van der Waals surface area contributed by atoms with Crippen molar-refractivity contribution in [3.8, 4) is 5.75 Å². The topological polar surface area (TPSA) is 38.8 Å². The van der Waals surface area contributed by atoms with Gasteiger partial charge in [0.05, 0.1) is 19.6 Å². The third kappa shape index (κ3) is 6.59. The molecule has 3 aromatic rings. The van der Waals surface area contributed by atoms with Crippen molar-refractivity contribution in [1.82, 2.24) is 4.90 Å². The zero-order chi connectivity index (χ0) is 23.0. The molecule has 4 nitrogen and oxygen atoms in total. The summed E-state index contributed by atoms with van der Waals surface area (Å²) >= 11 is 5.99. The van der Waals surface area contributed by atoms with Crippen LogP contribution in [0.3, 0.4) is 0 Å². The van der Waals surface area contributed by atoms with E-state index in [4.69, 9.17) is 21.1 Å². The highest BCUT2D eigenvalue weighted by Gasteiger charge is 2.16.